The molecule has 0 aromatic heterocycles. The number of benzene rings is 1. The number of aliphatic carboxylic acids is 2. The standard InChI is InChI=1S/C13H19NO4.C2H2O4/c1-2-17-13(16)9-14-8-11(15)10-18-12-6-4-3-5-7-12;3-1(4)2(5)6/h3-7,11,14-15H,2,8-10H2,1H3;(H,3,4)(H,5,6). The quantitative estimate of drug-likeness (QED) is 0.370. The van der Waals surface area contributed by atoms with E-state index in [1.54, 1.807) is 6.92 Å². The van der Waals surface area contributed by atoms with Crippen molar-refractivity contribution >= 4 is 17.9 Å². The lowest BCUT2D eigenvalue weighted by Crippen LogP contribution is -2.35. The Morgan fingerprint density at radius 2 is 1.71 bits per heavy atom. The minimum absolute atomic E-state index is 0.0935. The first-order valence-corrected chi connectivity index (χ1v) is 7.05. The number of hydrogen-bond donors (Lipinski definition) is 4. The first kappa shape index (κ1) is 21.4. The van der Waals surface area contributed by atoms with Gasteiger partial charge in [-0.15, -0.1) is 0 Å². The minimum atomic E-state index is -1.82. The Balaban J connectivity index is 0.000000754. The molecule has 9 nitrogen and oxygen atoms in total. The first-order chi connectivity index (χ1) is 11.4. The zero-order valence-corrected chi connectivity index (χ0v) is 13.2. The maximum atomic E-state index is 11.0. The molecule has 1 aromatic carbocycles. The molecule has 0 saturated heterocycles. The summed E-state index contributed by atoms with van der Waals surface area (Å²) in [5.74, 6) is -3.26. The number of hydrogen-bond acceptors (Lipinski definition) is 7. The summed E-state index contributed by atoms with van der Waals surface area (Å²) in [5, 5.41) is 27.2. The van der Waals surface area contributed by atoms with Gasteiger partial charge in [0.2, 0.25) is 0 Å². The Morgan fingerprint density at radius 1 is 1.12 bits per heavy atom. The third-order valence-corrected chi connectivity index (χ3v) is 2.32. The maximum Gasteiger partial charge on any atom is 0.414 e. The molecule has 0 heterocycles. The average Bonchev–Trinajstić information content (AvgIpc) is 2.54. The number of carbonyl (C=O) groups is 3. The van der Waals surface area contributed by atoms with Gasteiger partial charge in [0.15, 0.2) is 0 Å². The molecule has 24 heavy (non-hydrogen) atoms. The van der Waals surface area contributed by atoms with Crippen molar-refractivity contribution in [3.05, 3.63) is 30.3 Å². The van der Waals surface area contributed by atoms with Crippen LogP contribution in [-0.4, -0.2) is 65.6 Å². The number of esters is 1. The predicted molar refractivity (Wildman–Crippen MR) is 82.7 cm³/mol. The molecule has 0 saturated carbocycles. The van der Waals surface area contributed by atoms with Crippen LogP contribution in [0.25, 0.3) is 0 Å². The normalized spacial score (nSPS) is 10.8. The van der Waals surface area contributed by atoms with Crippen molar-refractivity contribution in [3.63, 3.8) is 0 Å². The highest BCUT2D eigenvalue weighted by atomic mass is 16.5. The van der Waals surface area contributed by atoms with Gasteiger partial charge in [-0.2, -0.15) is 0 Å². The van der Waals surface area contributed by atoms with Gasteiger partial charge in [-0.3, -0.25) is 4.79 Å². The fraction of sp³-hybridized carbons (Fsp3) is 0.400. The Morgan fingerprint density at radius 3 is 2.21 bits per heavy atom. The van der Waals surface area contributed by atoms with E-state index in [1.165, 1.54) is 0 Å². The summed E-state index contributed by atoms with van der Waals surface area (Å²) in [6.07, 6.45) is -0.667. The number of carboxylic acid groups (broad SMARTS) is 2. The van der Waals surface area contributed by atoms with Crippen molar-refractivity contribution in [1.82, 2.24) is 5.32 Å². The molecule has 0 fully saturated rings. The minimum Gasteiger partial charge on any atom is -0.491 e. The molecule has 0 aliphatic heterocycles. The molecular formula is C15H21NO8. The largest absolute Gasteiger partial charge is 0.491 e. The van der Waals surface area contributed by atoms with Crippen molar-refractivity contribution in [3.8, 4) is 5.75 Å². The van der Waals surface area contributed by atoms with Crippen molar-refractivity contribution in [2.45, 2.75) is 13.0 Å². The van der Waals surface area contributed by atoms with Crippen molar-refractivity contribution in [2.75, 3.05) is 26.3 Å². The van der Waals surface area contributed by atoms with E-state index in [4.69, 9.17) is 29.3 Å². The zero-order valence-electron chi connectivity index (χ0n) is 13.2. The molecule has 9 heteroatoms. The first-order valence-electron chi connectivity index (χ1n) is 7.05. The van der Waals surface area contributed by atoms with E-state index in [1.807, 2.05) is 30.3 Å². The number of aliphatic hydroxyl groups is 1. The molecule has 1 rings (SSSR count). The monoisotopic (exact) mass is 343 g/mol. The fourth-order valence-corrected chi connectivity index (χ4v) is 1.32. The van der Waals surface area contributed by atoms with E-state index in [0.717, 1.165) is 0 Å². The third-order valence-electron chi connectivity index (χ3n) is 2.32. The van der Waals surface area contributed by atoms with Crippen LogP contribution in [-0.2, 0) is 19.1 Å². The van der Waals surface area contributed by atoms with Crippen LogP contribution in [0.1, 0.15) is 6.92 Å². The van der Waals surface area contributed by atoms with Crippen LogP contribution < -0.4 is 10.1 Å². The van der Waals surface area contributed by atoms with Gasteiger partial charge < -0.3 is 30.1 Å². The van der Waals surface area contributed by atoms with Crippen LogP contribution in [0.4, 0.5) is 0 Å². The Bertz CT molecular complexity index is 493. The fourth-order valence-electron chi connectivity index (χ4n) is 1.32. The van der Waals surface area contributed by atoms with Gasteiger partial charge in [-0.05, 0) is 19.1 Å². The van der Waals surface area contributed by atoms with Crippen LogP contribution >= 0.6 is 0 Å². The maximum absolute atomic E-state index is 11.0. The van der Waals surface area contributed by atoms with E-state index < -0.39 is 18.0 Å². The summed E-state index contributed by atoms with van der Waals surface area (Å²) in [6.45, 7) is 2.67. The highest BCUT2D eigenvalue weighted by Gasteiger charge is 2.07. The molecule has 0 spiro atoms. The Kier molecular flexibility index (Phi) is 11.4. The van der Waals surface area contributed by atoms with Gasteiger partial charge in [0.05, 0.1) is 13.2 Å². The highest BCUT2D eigenvalue weighted by Crippen LogP contribution is 2.08. The topological polar surface area (TPSA) is 142 Å². The number of carbonyl (C=O) groups excluding carboxylic acids is 1. The molecule has 134 valence electrons. The number of nitrogens with one attached hydrogen (secondary N) is 1. The lowest BCUT2D eigenvalue weighted by atomic mass is 10.3. The smallest absolute Gasteiger partial charge is 0.414 e. The van der Waals surface area contributed by atoms with Crippen LogP contribution in [0, 0.1) is 0 Å². The lowest BCUT2D eigenvalue weighted by Gasteiger charge is -2.12. The van der Waals surface area contributed by atoms with Crippen molar-refractivity contribution in [2.24, 2.45) is 0 Å². The second-order valence-corrected chi connectivity index (χ2v) is 4.32. The molecule has 1 unspecified atom stereocenters. The van der Waals surface area contributed by atoms with E-state index in [-0.39, 0.29) is 25.7 Å². The highest BCUT2D eigenvalue weighted by molar-refractivity contribution is 6.27. The summed E-state index contributed by atoms with van der Waals surface area (Å²) in [4.78, 5) is 29.2. The van der Waals surface area contributed by atoms with Crippen molar-refractivity contribution < 1.29 is 39.2 Å². The summed E-state index contributed by atoms with van der Waals surface area (Å²) < 4.78 is 10.1. The van der Waals surface area contributed by atoms with E-state index in [2.05, 4.69) is 5.32 Å². The van der Waals surface area contributed by atoms with Crippen molar-refractivity contribution in [1.29, 1.82) is 0 Å². The van der Waals surface area contributed by atoms with E-state index in [0.29, 0.717) is 12.4 Å². The number of ether oxygens (including phenoxy) is 2. The molecule has 0 aliphatic rings. The molecule has 4 N–H and O–H groups in total. The summed E-state index contributed by atoms with van der Waals surface area (Å²) in [7, 11) is 0. The molecule has 0 amide bonds. The number of carboxylic acids is 2. The molecule has 0 aliphatic carbocycles. The van der Waals surface area contributed by atoms with Gasteiger partial charge in [0.25, 0.3) is 0 Å². The zero-order chi connectivity index (χ0) is 18.4. The van der Waals surface area contributed by atoms with Gasteiger partial charge in [-0.25, -0.2) is 9.59 Å². The molecule has 1 aromatic rings. The second kappa shape index (κ2) is 12.9. The van der Waals surface area contributed by atoms with Gasteiger partial charge in [-0.1, -0.05) is 18.2 Å². The molecule has 0 radical (unpaired) electrons. The molecular weight excluding hydrogens is 322 g/mol. The lowest BCUT2D eigenvalue weighted by molar-refractivity contribution is -0.159. The summed E-state index contributed by atoms with van der Waals surface area (Å²) >= 11 is 0. The predicted octanol–water partition coefficient (Wildman–Crippen LogP) is -0.265. The molecule has 1 atom stereocenters. The molecule has 0 bridgehead atoms. The van der Waals surface area contributed by atoms with Gasteiger partial charge >= 0.3 is 17.9 Å². The van der Waals surface area contributed by atoms with E-state index in [9.17, 15) is 9.90 Å². The Labute approximate surface area is 138 Å². The number of rotatable bonds is 8. The Hall–Kier alpha value is -2.65. The van der Waals surface area contributed by atoms with Gasteiger partial charge in [0, 0.05) is 6.54 Å². The number of para-hydroxylation sites is 1. The van der Waals surface area contributed by atoms with Crippen LogP contribution in [0.5, 0.6) is 5.75 Å². The number of aliphatic hydroxyl groups excluding tert-OH is 1. The SMILES string of the molecule is CCOC(=O)CNCC(O)COc1ccccc1.O=C(O)C(=O)O. The van der Waals surface area contributed by atoms with Crippen LogP contribution in [0.3, 0.4) is 0 Å². The summed E-state index contributed by atoms with van der Waals surface area (Å²) in [6, 6.07) is 9.25. The third kappa shape index (κ3) is 12.0. The summed E-state index contributed by atoms with van der Waals surface area (Å²) in [5.41, 5.74) is 0. The van der Waals surface area contributed by atoms with E-state index >= 15 is 0 Å². The van der Waals surface area contributed by atoms with Crippen LogP contribution in [0.15, 0.2) is 30.3 Å². The van der Waals surface area contributed by atoms with Gasteiger partial charge in [0.1, 0.15) is 18.5 Å². The second-order valence-electron chi connectivity index (χ2n) is 4.32. The van der Waals surface area contributed by atoms with Crippen LogP contribution in [0.2, 0.25) is 0 Å². The average molecular weight is 343 g/mol.